The summed E-state index contributed by atoms with van der Waals surface area (Å²) in [5.74, 6) is 2.81. The molecule has 3 heteroatoms. The van der Waals surface area contributed by atoms with Crippen molar-refractivity contribution in [2.24, 2.45) is 17.8 Å². The molecule has 3 aliphatic rings. The maximum absolute atomic E-state index is 12.5. The van der Waals surface area contributed by atoms with Crippen LogP contribution in [-0.2, 0) is 0 Å². The van der Waals surface area contributed by atoms with Crippen LogP contribution in [0.1, 0.15) is 23.2 Å². The molecular weight excluding hydrogens is 272 g/mol. The van der Waals surface area contributed by atoms with E-state index in [1.807, 2.05) is 35.2 Å². The Morgan fingerprint density at radius 2 is 1.86 bits per heavy atom. The summed E-state index contributed by atoms with van der Waals surface area (Å²) >= 11 is 0. The Labute approximate surface area is 132 Å². The van der Waals surface area contributed by atoms with Crippen LogP contribution in [0.3, 0.4) is 0 Å². The third-order valence-corrected chi connectivity index (χ3v) is 5.75. The van der Waals surface area contributed by atoms with E-state index in [1.54, 1.807) is 4.90 Å². The topological polar surface area (TPSA) is 24.8 Å². The molecule has 0 aromatic heterocycles. The van der Waals surface area contributed by atoms with E-state index in [0.717, 1.165) is 49.5 Å². The highest BCUT2D eigenvalue weighted by Gasteiger charge is 2.38. The number of nitrogens with one attached hydrogen (secondary N) is 1. The molecule has 0 spiro atoms. The van der Waals surface area contributed by atoms with Gasteiger partial charge in [0, 0.05) is 11.5 Å². The van der Waals surface area contributed by atoms with Crippen LogP contribution in [0, 0.1) is 17.8 Å². The molecule has 1 saturated heterocycles. The number of piperazine rings is 1. The Balaban J connectivity index is 1.29. The van der Waals surface area contributed by atoms with Crippen LogP contribution >= 0.6 is 0 Å². The minimum Gasteiger partial charge on any atom is -0.332 e. The third kappa shape index (κ3) is 2.70. The van der Waals surface area contributed by atoms with Crippen LogP contribution in [0.4, 0.5) is 0 Å². The first-order valence-electron chi connectivity index (χ1n) is 8.66. The summed E-state index contributed by atoms with van der Waals surface area (Å²) in [6.07, 6.45) is 7.67. The average molecular weight is 297 g/mol. The second-order valence-corrected chi connectivity index (χ2v) is 7.15. The lowest BCUT2D eigenvalue weighted by Gasteiger charge is -2.34. The molecule has 1 aliphatic heterocycles. The first-order chi connectivity index (χ1) is 10.8. The molecule has 1 heterocycles. The number of hydrogen-bond acceptors (Lipinski definition) is 1. The molecule has 1 amide bonds. The van der Waals surface area contributed by atoms with Crippen LogP contribution in [-0.4, -0.2) is 43.5 Å². The Morgan fingerprint density at radius 3 is 2.50 bits per heavy atom. The summed E-state index contributed by atoms with van der Waals surface area (Å²) in [7, 11) is 0. The second kappa shape index (κ2) is 5.88. The average Bonchev–Trinajstić information content (AvgIpc) is 3.19. The van der Waals surface area contributed by atoms with Crippen molar-refractivity contribution in [2.75, 3.05) is 32.7 Å². The minimum atomic E-state index is 0.197. The molecular formula is C19H25N2O+. The summed E-state index contributed by atoms with van der Waals surface area (Å²) in [4.78, 5) is 16.2. The third-order valence-electron chi connectivity index (χ3n) is 5.75. The largest absolute Gasteiger partial charge is 0.332 e. The van der Waals surface area contributed by atoms with E-state index in [2.05, 4.69) is 12.2 Å². The molecule has 0 radical (unpaired) electrons. The minimum absolute atomic E-state index is 0.197. The number of allylic oxidation sites excluding steroid dienone is 2. The van der Waals surface area contributed by atoms with Gasteiger partial charge in [0.25, 0.3) is 5.91 Å². The summed E-state index contributed by atoms with van der Waals surface area (Å²) < 4.78 is 0. The number of benzene rings is 1. The number of nitrogens with zero attached hydrogens (tertiary/aromatic N) is 1. The van der Waals surface area contributed by atoms with E-state index in [1.165, 1.54) is 19.4 Å². The van der Waals surface area contributed by atoms with Crippen molar-refractivity contribution in [3.63, 3.8) is 0 Å². The monoisotopic (exact) mass is 297 g/mol. The number of amides is 1. The van der Waals surface area contributed by atoms with Gasteiger partial charge in [0.05, 0.1) is 32.7 Å². The van der Waals surface area contributed by atoms with Crippen molar-refractivity contribution >= 4 is 5.91 Å². The number of carbonyl (C=O) groups is 1. The molecule has 22 heavy (non-hydrogen) atoms. The molecule has 0 unspecified atom stereocenters. The highest BCUT2D eigenvalue weighted by atomic mass is 16.2. The maximum Gasteiger partial charge on any atom is 0.254 e. The van der Waals surface area contributed by atoms with E-state index in [4.69, 9.17) is 0 Å². The van der Waals surface area contributed by atoms with Gasteiger partial charge in [-0.05, 0) is 36.8 Å². The summed E-state index contributed by atoms with van der Waals surface area (Å²) in [6.45, 7) is 5.32. The molecule has 3 nitrogen and oxygen atoms in total. The number of hydrogen-bond donors (Lipinski definition) is 1. The highest BCUT2D eigenvalue weighted by Crippen LogP contribution is 2.42. The van der Waals surface area contributed by atoms with E-state index in [9.17, 15) is 4.79 Å². The van der Waals surface area contributed by atoms with Gasteiger partial charge in [-0.3, -0.25) is 4.79 Å². The van der Waals surface area contributed by atoms with E-state index < -0.39 is 0 Å². The summed E-state index contributed by atoms with van der Waals surface area (Å²) in [5.41, 5.74) is 0.823. The van der Waals surface area contributed by atoms with Crippen LogP contribution in [0.15, 0.2) is 42.5 Å². The molecule has 3 atom stereocenters. The number of quaternary nitrogens is 1. The second-order valence-electron chi connectivity index (χ2n) is 7.15. The molecule has 1 N–H and O–H groups in total. The Hall–Kier alpha value is -1.61. The van der Waals surface area contributed by atoms with Crippen molar-refractivity contribution < 1.29 is 9.69 Å². The molecule has 2 fully saturated rings. The Kier molecular flexibility index (Phi) is 3.75. The van der Waals surface area contributed by atoms with Gasteiger partial charge in [-0.1, -0.05) is 30.4 Å². The van der Waals surface area contributed by atoms with Crippen LogP contribution < -0.4 is 4.90 Å². The lowest BCUT2D eigenvalue weighted by molar-refractivity contribution is -0.907. The molecule has 2 aliphatic carbocycles. The summed E-state index contributed by atoms with van der Waals surface area (Å²) in [5, 5.41) is 0. The van der Waals surface area contributed by atoms with Gasteiger partial charge in [0.2, 0.25) is 0 Å². The quantitative estimate of drug-likeness (QED) is 0.834. The molecule has 1 saturated carbocycles. The van der Waals surface area contributed by atoms with Gasteiger partial charge in [-0.25, -0.2) is 0 Å². The van der Waals surface area contributed by atoms with Crippen LogP contribution in [0.2, 0.25) is 0 Å². The zero-order chi connectivity index (χ0) is 14.9. The van der Waals surface area contributed by atoms with Crippen molar-refractivity contribution in [2.45, 2.75) is 12.8 Å². The first kappa shape index (κ1) is 14.0. The fourth-order valence-electron chi connectivity index (χ4n) is 4.49. The van der Waals surface area contributed by atoms with Crippen molar-refractivity contribution in [3.05, 3.63) is 48.0 Å². The molecule has 4 rings (SSSR count). The van der Waals surface area contributed by atoms with Gasteiger partial charge in [-0.2, -0.15) is 0 Å². The first-order valence-corrected chi connectivity index (χ1v) is 8.66. The van der Waals surface area contributed by atoms with Crippen LogP contribution in [0.25, 0.3) is 0 Å². The SMILES string of the molecule is O=C(c1ccccc1)N1CC[NH+](C[C@@H]2C[C@@H]3C=C[C@H]2C3)CC1. The molecule has 116 valence electrons. The van der Waals surface area contributed by atoms with Crippen LogP contribution in [0.5, 0.6) is 0 Å². The van der Waals surface area contributed by atoms with E-state index >= 15 is 0 Å². The fourth-order valence-corrected chi connectivity index (χ4v) is 4.49. The Bertz CT molecular complexity index is 560. The van der Waals surface area contributed by atoms with Crippen molar-refractivity contribution in [1.82, 2.24) is 4.90 Å². The zero-order valence-electron chi connectivity index (χ0n) is 13.1. The smallest absolute Gasteiger partial charge is 0.254 e. The number of fused-ring (bicyclic) bond motifs is 2. The standard InChI is InChI=1S/C19H24N2O/c22-19(16-4-2-1-3-5-16)21-10-8-20(9-11-21)14-18-13-15-6-7-17(18)12-15/h1-7,15,17-18H,8-14H2/p+1/t15-,17+,18+/m1/s1. The normalized spacial score (nSPS) is 30.9. The lowest BCUT2D eigenvalue weighted by Crippen LogP contribution is -3.15. The predicted molar refractivity (Wildman–Crippen MR) is 86.8 cm³/mol. The van der Waals surface area contributed by atoms with E-state index in [-0.39, 0.29) is 5.91 Å². The van der Waals surface area contributed by atoms with Gasteiger partial charge < -0.3 is 9.80 Å². The Morgan fingerprint density at radius 1 is 1.09 bits per heavy atom. The lowest BCUT2D eigenvalue weighted by atomic mass is 9.93. The van der Waals surface area contributed by atoms with E-state index in [0.29, 0.717) is 0 Å². The molecule has 2 bridgehead atoms. The van der Waals surface area contributed by atoms with Gasteiger partial charge >= 0.3 is 0 Å². The van der Waals surface area contributed by atoms with Crippen molar-refractivity contribution in [1.29, 1.82) is 0 Å². The van der Waals surface area contributed by atoms with Gasteiger partial charge in [0.15, 0.2) is 0 Å². The predicted octanol–water partition coefficient (Wildman–Crippen LogP) is 1.24. The number of rotatable bonds is 3. The number of carbonyl (C=O) groups excluding carboxylic acids is 1. The van der Waals surface area contributed by atoms with Crippen molar-refractivity contribution in [3.8, 4) is 0 Å². The van der Waals surface area contributed by atoms with Gasteiger partial charge in [-0.15, -0.1) is 0 Å². The maximum atomic E-state index is 12.5. The molecule has 1 aromatic carbocycles. The molecule has 1 aromatic rings. The highest BCUT2D eigenvalue weighted by molar-refractivity contribution is 5.94. The zero-order valence-corrected chi connectivity index (χ0v) is 13.1. The fraction of sp³-hybridized carbons (Fsp3) is 0.526. The van der Waals surface area contributed by atoms with Gasteiger partial charge in [0.1, 0.15) is 0 Å². The summed E-state index contributed by atoms with van der Waals surface area (Å²) in [6, 6.07) is 9.68.